The van der Waals surface area contributed by atoms with Crippen LogP contribution in [0.5, 0.6) is 0 Å². The summed E-state index contributed by atoms with van der Waals surface area (Å²) in [5, 5.41) is 7.99. The summed E-state index contributed by atoms with van der Waals surface area (Å²) in [5.74, 6) is 1.13. The molecule has 0 aromatic carbocycles. The molecule has 102 valence electrons. The Labute approximate surface area is 115 Å². The number of carbonyl (C=O) groups is 1. The number of nitrogens with zero attached hydrogens (tertiary/aromatic N) is 3. The number of thioether (sulfide) groups is 1. The fourth-order valence-electron chi connectivity index (χ4n) is 1.54. The second-order valence-electron chi connectivity index (χ2n) is 4.26. The normalized spacial score (nSPS) is 12.4. The molecule has 2 heterocycles. The Hall–Kier alpha value is -1.76. The van der Waals surface area contributed by atoms with E-state index < -0.39 is 0 Å². The second-order valence-corrected chi connectivity index (χ2v) is 5.55. The third kappa shape index (κ3) is 2.98. The zero-order valence-electron chi connectivity index (χ0n) is 11.2. The van der Waals surface area contributed by atoms with Crippen molar-refractivity contribution in [2.45, 2.75) is 24.3 Å². The van der Waals surface area contributed by atoms with E-state index >= 15 is 0 Å². The average Bonchev–Trinajstić information content (AvgIpc) is 2.96. The zero-order valence-corrected chi connectivity index (χ0v) is 12.0. The van der Waals surface area contributed by atoms with Gasteiger partial charge in [0.2, 0.25) is 5.91 Å². The van der Waals surface area contributed by atoms with Gasteiger partial charge in [0.05, 0.1) is 17.1 Å². The molecule has 0 saturated heterocycles. The molecule has 0 radical (unpaired) electrons. The van der Waals surface area contributed by atoms with Crippen molar-refractivity contribution in [2.75, 3.05) is 14.1 Å². The Morgan fingerprint density at radius 1 is 1.42 bits per heavy atom. The van der Waals surface area contributed by atoms with Crippen LogP contribution in [0, 0.1) is 6.92 Å². The minimum absolute atomic E-state index is 0.00393. The molecule has 19 heavy (non-hydrogen) atoms. The standard InChI is InChI=1S/C12H15N3O3S/c1-7-9(5-6-17-7)10-13-14-12(18-10)19-8(2)11(16)15(3)4/h5-6,8H,1-4H3. The van der Waals surface area contributed by atoms with Crippen LogP contribution in [0.25, 0.3) is 11.5 Å². The number of carbonyl (C=O) groups excluding carboxylic acids is 1. The topological polar surface area (TPSA) is 72.4 Å². The van der Waals surface area contributed by atoms with Gasteiger partial charge in [0, 0.05) is 14.1 Å². The molecule has 0 aliphatic heterocycles. The first-order valence-electron chi connectivity index (χ1n) is 5.75. The Morgan fingerprint density at radius 2 is 2.16 bits per heavy atom. The van der Waals surface area contributed by atoms with Gasteiger partial charge in [0.1, 0.15) is 5.76 Å². The van der Waals surface area contributed by atoms with Crippen LogP contribution in [0.4, 0.5) is 0 Å². The summed E-state index contributed by atoms with van der Waals surface area (Å²) in [4.78, 5) is 13.3. The maximum Gasteiger partial charge on any atom is 0.277 e. The highest BCUT2D eigenvalue weighted by molar-refractivity contribution is 8.00. The van der Waals surface area contributed by atoms with Crippen LogP contribution >= 0.6 is 11.8 Å². The first-order chi connectivity index (χ1) is 8.99. The molecule has 1 amide bonds. The monoisotopic (exact) mass is 281 g/mol. The quantitative estimate of drug-likeness (QED) is 0.800. The maximum absolute atomic E-state index is 11.7. The first kappa shape index (κ1) is 13.7. The summed E-state index contributed by atoms with van der Waals surface area (Å²) in [7, 11) is 3.43. The van der Waals surface area contributed by atoms with Gasteiger partial charge in [-0.05, 0) is 19.9 Å². The SMILES string of the molecule is Cc1occc1-c1nnc(SC(C)C(=O)N(C)C)o1. The van der Waals surface area contributed by atoms with Gasteiger partial charge in [-0.25, -0.2) is 0 Å². The maximum atomic E-state index is 11.7. The third-order valence-electron chi connectivity index (χ3n) is 2.56. The summed E-state index contributed by atoms with van der Waals surface area (Å²) in [6.45, 7) is 3.63. The van der Waals surface area contributed by atoms with Crippen LogP contribution in [0.1, 0.15) is 12.7 Å². The summed E-state index contributed by atoms with van der Waals surface area (Å²) >= 11 is 1.24. The van der Waals surface area contributed by atoms with Crippen LogP contribution < -0.4 is 0 Å². The smallest absolute Gasteiger partial charge is 0.277 e. The molecule has 0 bridgehead atoms. The second kappa shape index (κ2) is 5.48. The summed E-state index contributed by atoms with van der Waals surface area (Å²) in [6, 6.07) is 1.77. The summed E-state index contributed by atoms with van der Waals surface area (Å²) in [6.07, 6.45) is 1.57. The van der Waals surface area contributed by atoms with Gasteiger partial charge in [-0.15, -0.1) is 10.2 Å². The highest BCUT2D eigenvalue weighted by Gasteiger charge is 2.20. The molecule has 2 aromatic heterocycles. The molecule has 0 aliphatic carbocycles. The van der Waals surface area contributed by atoms with Crippen LogP contribution in [-0.4, -0.2) is 40.3 Å². The lowest BCUT2D eigenvalue weighted by atomic mass is 10.3. The van der Waals surface area contributed by atoms with Gasteiger partial charge in [0.25, 0.3) is 11.1 Å². The fourth-order valence-corrected chi connectivity index (χ4v) is 2.37. The van der Waals surface area contributed by atoms with Crippen molar-refractivity contribution >= 4 is 17.7 Å². The highest BCUT2D eigenvalue weighted by atomic mass is 32.2. The van der Waals surface area contributed by atoms with E-state index in [0.717, 1.165) is 11.3 Å². The van der Waals surface area contributed by atoms with Crippen LogP contribution in [0.15, 0.2) is 26.4 Å². The van der Waals surface area contributed by atoms with Gasteiger partial charge in [-0.3, -0.25) is 4.79 Å². The predicted octanol–water partition coefficient (Wildman–Crippen LogP) is 2.21. The van der Waals surface area contributed by atoms with Crippen molar-refractivity contribution in [1.82, 2.24) is 15.1 Å². The minimum atomic E-state index is -0.270. The van der Waals surface area contributed by atoms with E-state index in [2.05, 4.69) is 10.2 Å². The number of furan rings is 1. The third-order valence-corrected chi connectivity index (χ3v) is 3.48. The fraction of sp³-hybridized carbons (Fsp3) is 0.417. The van der Waals surface area contributed by atoms with E-state index in [-0.39, 0.29) is 11.2 Å². The van der Waals surface area contributed by atoms with Gasteiger partial charge in [0.15, 0.2) is 0 Å². The lowest BCUT2D eigenvalue weighted by molar-refractivity contribution is -0.127. The number of hydrogen-bond acceptors (Lipinski definition) is 6. The van der Waals surface area contributed by atoms with Crippen molar-refractivity contribution in [1.29, 1.82) is 0 Å². The van der Waals surface area contributed by atoms with E-state index in [0.29, 0.717) is 11.1 Å². The van der Waals surface area contributed by atoms with E-state index in [1.165, 1.54) is 16.7 Å². The zero-order chi connectivity index (χ0) is 14.0. The Bertz CT molecular complexity index is 576. The molecule has 0 aliphatic rings. The number of hydrogen-bond donors (Lipinski definition) is 0. The molecule has 0 spiro atoms. The minimum Gasteiger partial charge on any atom is -0.469 e. The number of rotatable bonds is 4. The summed E-state index contributed by atoms with van der Waals surface area (Å²) in [5.41, 5.74) is 0.769. The van der Waals surface area contributed by atoms with Crippen molar-refractivity contribution in [2.24, 2.45) is 0 Å². The number of aromatic nitrogens is 2. The predicted molar refractivity (Wildman–Crippen MR) is 70.8 cm³/mol. The molecule has 0 fully saturated rings. The summed E-state index contributed by atoms with van der Waals surface area (Å²) < 4.78 is 10.7. The molecule has 0 N–H and O–H groups in total. The average molecular weight is 281 g/mol. The van der Waals surface area contributed by atoms with Crippen LogP contribution in [0.3, 0.4) is 0 Å². The molecular weight excluding hydrogens is 266 g/mol. The van der Waals surface area contributed by atoms with Crippen molar-refractivity contribution in [3.05, 3.63) is 18.1 Å². The Morgan fingerprint density at radius 3 is 2.74 bits per heavy atom. The van der Waals surface area contributed by atoms with Crippen molar-refractivity contribution in [3.63, 3.8) is 0 Å². The molecule has 2 aromatic rings. The van der Waals surface area contributed by atoms with Crippen LogP contribution in [0.2, 0.25) is 0 Å². The van der Waals surface area contributed by atoms with E-state index in [4.69, 9.17) is 8.83 Å². The Balaban J connectivity index is 2.10. The molecular formula is C12H15N3O3S. The van der Waals surface area contributed by atoms with E-state index in [9.17, 15) is 4.79 Å². The largest absolute Gasteiger partial charge is 0.469 e. The highest BCUT2D eigenvalue weighted by Crippen LogP contribution is 2.28. The van der Waals surface area contributed by atoms with E-state index in [1.807, 2.05) is 6.92 Å². The molecule has 7 heteroatoms. The lowest BCUT2D eigenvalue weighted by Crippen LogP contribution is -2.29. The Kier molecular flexibility index (Phi) is 3.94. The lowest BCUT2D eigenvalue weighted by Gasteiger charge is -2.14. The molecule has 1 unspecified atom stereocenters. The van der Waals surface area contributed by atoms with Gasteiger partial charge < -0.3 is 13.7 Å². The van der Waals surface area contributed by atoms with Crippen molar-refractivity contribution in [3.8, 4) is 11.5 Å². The van der Waals surface area contributed by atoms with Gasteiger partial charge in [-0.2, -0.15) is 0 Å². The number of amides is 1. The van der Waals surface area contributed by atoms with Crippen LogP contribution in [-0.2, 0) is 4.79 Å². The first-order valence-corrected chi connectivity index (χ1v) is 6.62. The molecule has 1 atom stereocenters. The molecule has 0 saturated carbocycles. The van der Waals surface area contributed by atoms with Gasteiger partial charge in [-0.1, -0.05) is 11.8 Å². The van der Waals surface area contributed by atoms with Gasteiger partial charge >= 0.3 is 0 Å². The van der Waals surface area contributed by atoms with E-state index in [1.54, 1.807) is 33.3 Å². The number of aryl methyl sites for hydroxylation is 1. The van der Waals surface area contributed by atoms with Crippen molar-refractivity contribution < 1.29 is 13.6 Å². The molecule has 6 nitrogen and oxygen atoms in total. The molecule has 2 rings (SSSR count).